The molecule has 0 aliphatic carbocycles. The van der Waals surface area contributed by atoms with E-state index in [1.165, 1.54) is 0 Å². The van der Waals surface area contributed by atoms with Crippen LogP contribution in [-0.4, -0.2) is 5.91 Å². The van der Waals surface area contributed by atoms with Crippen LogP contribution < -0.4 is 10.1 Å². The number of ether oxygens (including phenoxy) is 1. The Morgan fingerprint density at radius 3 is 2.43 bits per heavy atom. The molecule has 21 heavy (non-hydrogen) atoms. The van der Waals surface area contributed by atoms with Gasteiger partial charge in [0.15, 0.2) is 0 Å². The van der Waals surface area contributed by atoms with Crippen molar-refractivity contribution in [2.45, 2.75) is 27.4 Å². The molecule has 3 heteroatoms. The number of carbonyl (C=O) groups excluding carboxylic acids is 1. The molecule has 1 amide bonds. The molecule has 0 spiro atoms. The van der Waals surface area contributed by atoms with Crippen molar-refractivity contribution in [3.8, 4) is 5.75 Å². The van der Waals surface area contributed by atoms with Crippen LogP contribution in [0.4, 0.5) is 5.69 Å². The summed E-state index contributed by atoms with van der Waals surface area (Å²) in [4.78, 5) is 12.0. The summed E-state index contributed by atoms with van der Waals surface area (Å²) in [5.41, 5.74) is 1.45. The van der Waals surface area contributed by atoms with E-state index >= 15 is 0 Å². The molecule has 0 unspecified atom stereocenters. The van der Waals surface area contributed by atoms with Gasteiger partial charge in [0.25, 0.3) is 0 Å². The SMILES string of the molecule is CC(C)(C)C(=O)Nc1cccc(OCc2ccccc2)c1. The first-order valence-corrected chi connectivity index (χ1v) is 7.03. The third-order valence-corrected chi connectivity index (χ3v) is 3.02. The van der Waals surface area contributed by atoms with Crippen molar-refractivity contribution >= 4 is 11.6 Å². The van der Waals surface area contributed by atoms with E-state index in [1.807, 2.05) is 75.4 Å². The molecule has 0 aliphatic heterocycles. The molecule has 0 atom stereocenters. The standard InChI is InChI=1S/C18H21NO2/c1-18(2,3)17(20)19-15-10-7-11-16(12-15)21-13-14-8-5-4-6-9-14/h4-12H,13H2,1-3H3,(H,19,20). The number of hydrogen-bond donors (Lipinski definition) is 1. The zero-order valence-electron chi connectivity index (χ0n) is 12.7. The van der Waals surface area contributed by atoms with Crippen LogP contribution in [0.3, 0.4) is 0 Å². The van der Waals surface area contributed by atoms with E-state index in [2.05, 4.69) is 5.32 Å². The zero-order valence-corrected chi connectivity index (χ0v) is 12.7. The van der Waals surface area contributed by atoms with Gasteiger partial charge in [0, 0.05) is 17.2 Å². The van der Waals surface area contributed by atoms with Gasteiger partial charge in [0.2, 0.25) is 5.91 Å². The largest absolute Gasteiger partial charge is 0.489 e. The number of amides is 1. The lowest BCUT2D eigenvalue weighted by Crippen LogP contribution is -2.27. The number of hydrogen-bond acceptors (Lipinski definition) is 2. The first kappa shape index (κ1) is 15.1. The molecule has 0 radical (unpaired) electrons. The summed E-state index contributed by atoms with van der Waals surface area (Å²) >= 11 is 0. The van der Waals surface area contributed by atoms with Crippen molar-refractivity contribution < 1.29 is 9.53 Å². The fraction of sp³-hybridized carbons (Fsp3) is 0.278. The Hall–Kier alpha value is -2.29. The zero-order chi connectivity index (χ0) is 15.3. The highest BCUT2D eigenvalue weighted by Crippen LogP contribution is 2.21. The molecular formula is C18H21NO2. The van der Waals surface area contributed by atoms with E-state index in [-0.39, 0.29) is 5.91 Å². The highest BCUT2D eigenvalue weighted by Gasteiger charge is 2.21. The topological polar surface area (TPSA) is 38.3 Å². The third-order valence-electron chi connectivity index (χ3n) is 3.02. The Kier molecular flexibility index (Phi) is 4.63. The van der Waals surface area contributed by atoms with Gasteiger partial charge in [0.1, 0.15) is 12.4 Å². The predicted molar refractivity (Wildman–Crippen MR) is 85.3 cm³/mol. The van der Waals surface area contributed by atoms with Gasteiger partial charge < -0.3 is 10.1 Å². The molecule has 3 nitrogen and oxygen atoms in total. The van der Waals surface area contributed by atoms with E-state index in [0.29, 0.717) is 6.61 Å². The normalized spacial score (nSPS) is 11.0. The number of rotatable bonds is 4. The minimum absolute atomic E-state index is 0.0114. The molecule has 0 aliphatic rings. The van der Waals surface area contributed by atoms with Gasteiger partial charge in [-0.3, -0.25) is 4.79 Å². The Morgan fingerprint density at radius 1 is 1.05 bits per heavy atom. The van der Waals surface area contributed by atoms with Gasteiger partial charge in [0.05, 0.1) is 0 Å². The number of benzene rings is 2. The third kappa shape index (κ3) is 4.63. The Morgan fingerprint density at radius 2 is 1.76 bits per heavy atom. The van der Waals surface area contributed by atoms with Gasteiger partial charge in [-0.15, -0.1) is 0 Å². The number of carbonyl (C=O) groups is 1. The highest BCUT2D eigenvalue weighted by atomic mass is 16.5. The predicted octanol–water partition coefficient (Wildman–Crippen LogP) is 4.25. The lowest BCUT2D eigenvalue weighted by Gasteiger charge is -2.18. The molecule has 110 valence electrons. The Balaban J connectivity index is 1.99. The smallest absolute Gasteiger partial charge is 0.229 e. The summed E-state index contributed by atoms with van der Waals surface area (Å²) in [5.74, 6) is 0.730. The highest BCUT2D eigenvalue weighted by molar-refractivity contribution is 5.94. The summed E-state index contributed by atoms with van der Waals surface area (Å²) in [7, 11) is 0. The molecule has 0 heterocycles. The van der Waals surface area contributed by atoms with Crippen LogP contribution in [0, 0.1) is 5.41 Å². The summed E-state index contributed by atoms with van der Waals surface area (Å²) in [6.07, 6.45) is 0. The van der Waals surface area contributed by atoms with Crippen LogP contribution in [0.1, 0.15) is 26.3 Å². The van der Waals surface area contributed by atoms with Crippen molar-refractivity contribution in [2.75, 3.05) is 5.32 Å². The maximum absolute atomic E-state index is 12.0. The van der Waals surface area contributed by atoms with Crippen LogP contribution >= 0.6 is 0 Å². The summed E-state index contributed by atoms with van der Waals surface area (Å²) in [6, 6.07) is 17.4. The maximum Gasteiger partial charge on any atom is 0.229 e. The molecule has 1 N–H and O–H groups in total. The molecule has 0 fully saturated rings. The second-order valence-corrected chi connectivity index (χ2v) is 6.01. The van der Waals surface area contributed by atoms with E-state index < -0.39 is 5.41 Å². The molecule has 0 bridgehead atoms. The van der Waals surface area contributed by atoms with E-state index in [4.69, 9.17) is 4.74 Å². The molecule has 2 rings (SSSR count). The average Bonchev–Trinajstić information content (AvgIpc) is 2.46. The molecule has 0 aromatic heterocycles. The lowest BCUT2D eigenvalue weighted by atomic mass is 9.95. The van der Waals surface area contributed by atoms with Gasteiger partial charge in [-0.25, -0.2) is 0 Å². The Bertz CT molecular complexity index is 600. The van der Waals surface area contributed by atoms with Crippen molar-refractivity contribution in [1.82, 2.24) is 0 Å². The first-order chi connectivity index (χ1) is 9.95. The fourth-order valence-corrected chi connectivity index (χ4v) is 1.72. The quantitative estimate of drug-likeness (QED) is 0.911. The second-order valence-electron chi connectivity index (χ2n) is 6.01. The minimum atomic E-state index is -0.416. The monoisotopic (exact) mass is 283 g/mol. The van der Waals surface area contributed by atoms with Gasteiger partial charge in [-0.2, -0.15) is 0 Å². The summed E-state index contributed by atoms with van der Waals surface area (Å²) < 4.78 is 5.75. The van der Waals surface area contributed by atoms with Crippen LogP contribution in [-0.2, 0) is 11.4 Å². The first-order valence-electron chi connectivity index (χ1n) is 7.03. The van der Waals surface area contributed by atoms with Crippen LogP contribution in [0.15, 0.2) is 54.6 Å². The van der Waals surface area contributed by atoms with Crippen molar-refractivity contribution in [1.29, 1.82) is 0 Å². The van der Waals surface area contributed by atoms with Gasteiger partial charge in [-0.05, 0) is 17.7 Å². The lowest BCUT2D eigenvalue weighted by molar-refractivity contribution is -0.123. The molecule has 0 saturated heterocycles. The molecule has 0 saturated carbocycles. The molecule has 2 aromatic rings. The molecular weight excluding hydrogens is 262 g/mol. The Labute approximate surface area is 126 Å². The van der Waals surface area contributed by atoms with Crippen molar-refractivity contribution in [3.05, 3.63) is 60.2 Å². The van der Waals surface area contributed by atoms with E-state index in [0.717, 1.165) is 17.0 Å². The average molecular weight is 283 g/mol. The van der Waals surface area contributed by atoms with Crippen molar-refractivity contribution in [2.24, 2.45) is 5.41 Å². The maximum atomic E-state index is 12.0. The summed E-state index contributed by atoms with van der Waals surface area (Å²) in [5, 5.41) is 2.90. The van der Waals surface area contributed by atoms with Gasteiger partial charge >= 0.3 is 0 Å². The van der Waals surface area contributed by atoms with Crippen molar-refractivity contribution in [3.63, 3.8) is 0 Å². The van der Waals surface area contributed by atoms with Crippen LogP contribution in [0.2, 0.25) is 0 Å². The minimum Gasteiger partial charge on any atom is -0.489 e. The van der Waals surface area contributed by atoms with Crippen LogP contribution in [0.25, 0.3) is 0 Å². The number of nitrogens with one attached hydrogen (secondary N) is 1. The summed E-state index contributed by atoms with van der Waals surface area (Å²) in [6.45, 7) is 6.17. The van der Waals surface area contributed by atoms with Gasteiger partial charge in [-0.1, -0.05) is 57.2 Å². The fourth-order valence-electron chi connectivity index (χ4n) is 1.72. The van der Waals surface area contributed by atoms with Crippen LogP contribution in [0.5, 0.6) is 5.75 Å². The van der Waals surface area contributed by atoms with E-state index in [9.17, 15) is 4.79 Å². The second kappa shape index (κ2) is 6.44. The molecule has 2 aromatic carbocycles. The number of anilines is 1. The van der Waals surface area contributed by atoms with E-state index in [1.54, 1.807) is 0 Å².